The summed E-state index contributed by atoms with van der Waals surface area (Å²) in [5.74, 6) is 2.67. The van der Waals surface area contributed by atoms with Crippen LogP contribution >= 0.6 is 0 Å². The normalized spacial score (nSPS) is 54.5. The molecule has 0 saturated heterocycles. The maximum atomic E-state index is 13.3. The third-order valence-corrected chi connectivity index (χ3v) is 8.52. The van der Waals surface area contributed by atoms with Crippen LogP contribution in [0.15, 0.2) is 11.6 Å². The van der Waals surface area contributed by atoms with Crippen LogP contribution in [0.3, 0.4) is 0 Å². The Bertz CT molecular complexity index is 550. The highest BCUT2D eigenvalue weighted by Gasteiger charge is 2.61. The summed E-state index contributed by atoms with van der Waals surface area (Å²) in [6.07, 6.45) is 10.7. The average molecular weight is 316 g/mol. The zero-order valence-corrected chi connectivity index (χ0v) is 15.0. The lowest BCUT2D eigenvalue weighted by molar-refractivity contribution is -0.157. The first kappa shape index (κ1) is 15.9. The minimum Gasteiger partial charge on any atom is -0.393 e. The van der Waals surface area contributed by atoms with E-state index in [-0.39, 0.29) is 22.9 Å². The maximum Gasteiger partial charge on any atom is 0.137 e. The van der Waals surface area contributed by atoms with E-state index < -0.39 is 0 Å². The molecule has 0 radical (unpaired) electrons. The number of hydrogen-bond acceptors (Lipinski definition) is 2. The van der Waals surface area contributed by atoms with Gasteiger partial charge in [-0.1, -0.05) is 25.5 Å². The smallest absolute Gasteiger partial charge is 0.137 e. The molecule has 23 heavy (non-hydrogen) atoms. The second-order valence-electron chi connectivity index (χ2n) is 9.37. The first-order valence-electron chi connectivity index (χ1n) is 9.76. The van der Waals surface area contributed by atoms with Gasteiger partial charge >= 0.3 is 0 Å². The van der Waals surface area contributed by atoms with Crippen LogP contribution in [0.1, 0.15) is 72.1 Å². The first-order chi connectivity index (χ1) is 10.9. The zero-order chi connectivity index (χ0) is 16.4. The Hall–Kier alpha value is -0.630. The van der Waals surface area contributed by atoms with Crippen molar-refractivity contribution in [3.8, 4) is 0 Å². The molecule has 0 unspecified atom stereocenters. The highest BCUT2D eigenvalue weighted by Crippen LogP contribution is 2.66. The number of fused-ring (bicyclic) bond motifs is 5. The van der Waals surface area contributed by atoms with Gasteiger partial charge in [0.25, 0.3) is 0 Å². The Morgan fingerprint density at radius 1 is 1.17 bits per heavy atom. The van der Waals surface area contributed by atoms with Crippen molar-refractivity contribution in [1.82, 2.24) is 0 Å². The lowest BCUT2D eigenvalue weighted by Gasteiger charge is -2.59. The molecule has 0 heterocycles. The molecule has 0 aromatic carbocycles. The van der Waals surface area contributed by atoms with Crippen molar-refractivity contribution in [2.75, 3.05) is 0 Å². The van der Waals surface area contributed by atoms with Gasteiger partial charge in [0.05, 0.1) is 6.10 Å². The van der Waals surface area contributed by atoms with Gasteiger partial charge in [-0.2, -0.15) is 0 Å². The van der Waals surface area contributed by atoms with E-state index in [0.29, 0.717) is 23.5 Å². The van der Waals surface area contributed by atoms with Gasteiger partial charge in [0.2, 0.25) is 0 Å². The Morgan fingerprint density at radius 3 is 2.70 bits per heavy atom. The molecule has 0 aliphatic heterocycles. The maximum absolute atomic E-state index is 13.3. The van der Waals surface area contributed by atoms with Crippen LogP contribution in [-0.2, 0) is 4.79 Å². The summed E-state index contributed by atoms with van der Waals surface area (Å²) in [6.45, 7) is 6.90. The molecule has 4 fully saturated rings. The van der Waals surface area contributed by atoms with E-state index in [1.165, 1.54) is 25.7 Å². The number of allylic oxidation sites excluding steroid dienone is 2. The van der Waals surface area contributed by atoms with Crippen molar-refractivity contribution in [1.29, 1.82) is 0 Å². The van der Waals surface area contributed by atoms with Crippen molar-refractivity contribution in [2.24, 2.45) is 34.5 Å². The summed E-state index contributed by atoms with van der Waals surface area (Å²) in [5, 5.41) is 10.1. The molecule has 0 amide bonds. The van der Waals surface area contributed by atoms with Crippen LogP contribution in [0, 0.1) is 34.5 Å². The van der Waals surface area contributed by atoms with Crippen LogP contribution in [-0.4, -0.2) is 17.0 Å². The minimum atomic E-state index is -0.130. The Labute approximate surface area is 140 Å². The van der Waals surface area contributed by atoms with Crippen LogP contribution in [0.5, 0.6) is 0 Å². The van der Waals surface area contributed by atoms with Crippen LogP contribution in [0.25, 0.3) is 0 Å². The van der Waals surface area contributed by atoms with Gasteiger partial charge in [-0.25, -0.2) is 0 Å². The molecule has 1 N–H and O–H groups in total. The van der Waals surface area contributed by atoms with Crippen LogP contribution in [0.4, 0.5) is 0 Å². The van der Waals surface area contributed by atoms with E-state index in [4.69, 9.17) is 0 Å². The number of aliphatic hydroxyl groups is 1. The fourth-order valence-electron chi connectivity index (χ4n) is 7.37. The number of rotatable bonds is 0. The van der Waals surface area contributed by atoms with Gasteiger partial charge < -0.3 is 5.11 Å². The molecule has 0 bridgehead atoms. The summed E-state index contributed by atoms with van der Waals surface area (Å²) in [6, 6.07) is 0. The highest BCUT2D eigenvalue weighted by atomic mass is 16.3. The molecule has 4 aliphatic carbocycles. The molecule has 128 valence electrons. The second kappa shape index (κ2) is 5.18. The van der Waals surface area contributed by atoms with Crippen LogP contribution in [0.2, 0.25) is 0 Å². The van der Waals surface area contributed by atoms with Gasteiger partial charge in [0.1, 0.15) is 5.78 Å². The van der Waals surface area contributed by atoms with Crippen molar-refractivity contribution >= 4 is 5.78 Å². The van der Waals surface area contributed by atoms with Gasteiger partial charge in [-0.05, 0) is 80.5 Å². The SMILES string of the molecule is C/C=C1/CC[C@H]2[C@@H]3CC[C@H]4C[C@H](O)CC[C@]4(C)[C@H]3C(=O)C[C@]12C. The van der Waals surface area contributed by atoms with Gasteiger partial charge in [0.15, 0.2) is 0 Å². The number of Topliss-reactive ketones (excluding diaryl/α,β-unsaturated/α-hetero) is 1. The topological polar surface area (TPSA) is 37.3 Å². The number of carbonyl (C=O) groups is 1. The van der Waals surface area contributed by atoms with E-state index in [0.717, 1.165) is 25.7 Å². The number of hydrogen-bond donors (Lipinski definition) is 1. The lowest BCUT2D eigenvalue weighted by Crippen LogP contribution is -2.57. The van der Waals surface area contributed by atoms with E-state index in [2.05, 4.69) is 26.8 Å². The standard InChI is InChI=1S/C21H32O2/c1-4-13-6-8-17-16-7-5-14-11-15(22)9-10-20(14,2)19(16)18(23)12-21(13,17)3/h4,14-17,19,22H,5-12H2,1-3H3/b13-4-/t14-,15+,16-,17-,19+,20-,21+/m0/s1. The molecular formula is C21H32O2. The summed E-state index contributed by atoms with van der Waals surface area (Å²) in [4.78, 5) is 13.3. The van der Waals surface area contributed by atoms with E-state index >= 15 is 0 Å². The second-order valence-corrected chi connectivity index (χ2v) is 9.37. The Kier molecular flexibility index (Phi) is 3.58. The molecule has 4 saturated carbocycles. The molecule has 2 heteroatoms. The predicted molar refractivity (Wildman–Crippen MR) is 91.9 cm³/mol. The van der Waals surface area contributed by atoms with Crippen molar-refractivity contribution in [3.05, 3.63) is 11.6 Å². The molecule has 0 spiro atoms. The molecule has 7 atom stereocenters. The quantitative estimate of drug-likeness (QED) is 0.667. The molecule has 0 aromatic heterocycles. The Morgan fingerprint density at radius 2 is 1.96 bits per heavy atom. The van der Waals surface area contributed by atoms with E-state index in [1.807, 2.05) is 0 Å². The summed E-state index contributed by atoms with van der Waals surface area (Å²) in [5.41, 5.74) is 1.84. The monoisotopic (exact) mass is 316 g/mol. The summed E-state index contributed by atoms with van der Waals surface area (Å²) in [7, 11) is 0. The third kappa shape index (κ3) is 2.06. The van der Waals surface area contributed by atoms with E-state index in [9.17, 15) is 9.90 Å². The molecular weight excluding hydrogens is 284 g/mol. The molecule has 4 rings (SSSR count). The average Bonchev–Trinajstić information content (AvgIpc) is 2.83. The molecule has 2 nitrogen and oxygen atoms in total. The summed E-state index contributed by atoms with van der Waals surface area (Å²) < 4.78 is 0. The number of carbonyl (C=O) groups excluding carboxylic acids is 1. The van der Waals surface area contributed by atoms with Crippen molar-refractivity contribution in [3.63, 3.8) is 0 Å². The van der Waals surface area contributed by atoms with Gasteiger partial charge in [0, 0.05) is 12.3 Å². The lowest BCUT2D eigenvalue weighted by atomic mass is 9.44. The van der Waals surface area contributed by atoms with Crippen LogP contribution < -0.4 is 0 Å². The third-order valence-electron chi connectivity index (χ3n) is 8.52. The van der Waals surface area contributed by atoms with E-state index in [1.54, 1.807) is 5.57 Å². The predicted octanol–water partition coefficient (Wildman–Crippen LogP) is 4.52. The largest absolute Gasteiger partial charge is 0.393 e. The van der Waals surface area contributed by atoms with Crippen molar-refractivity contribution < 1.29 is 9.90 Å². The van der Waals surface area contributed by atoms with Gasteiger partial charge in [-0.15, -0.1) is 0 Å². The van der Waals surface area contributed by atoms with Gasteiger partial charge in [-0.3, -0.25) is 4.79 Å². The first-order valence-corrected chi connectivity index (χ1v) is 9.76. The fourth-order valence-corrected chi connectivity index (χ4v) is 7.37. The zero-order valence-electron chi connectivity index (χ0n) is 15.0. The fraction of sp³-hybridized carbons (Fsp3) is 0.857. The number of aliphatic hydroxyl groups excluding tert-OH is 1. The van der Waals surface area contributed by atoms with Crippen molar-refractivity contribution in [2.45, 2.75) is 78.2 Å². The summed E-state index contributed by atoms with van der Waals surface area (Å²) >= 11 is 0. The highest BCUT2D eigenvalue weighted by molar-refractivity contribution is 5.85. The Balaban J connectivity index is 1.70. The minimum absolute atomic E-state index is 0.130. The molecule has 4 aliphatic rings. The molecule has 0 aromatic rings. The number of ketones is 1.